The highest BCUT2D eigenvalue weighted by Gasteiger charge is 2.28. The Morgan fingerprint density at radius 3 is 2.48 bits per heavy atom. The zero-order valence-corrected chi connectivity index (χ0v) is 13.1. The minimum absolute atomic E-state index is 0.185. The van der Waals surface area contributed by atoms with Gasteiger partial charge < -0.3 is 9.47 Å². The Kier molecular flexibility index (Phi) is 3.26. The van der Waals surface area contributed by atoms with Gasteiger partial charge in [-0.1, -0.05) is 18.2 Å². The average Bonchev–Trinajstić information content (AvgIpc) is 3.11. The summed E-state index contributed by atoms with van der Waals surface area (Å²) in [5.41, 5.74) is 3.56. The SMILES string of the molecule is COc1ccc(C2Cc3ccc(OC)cc3-n3cnnc32)cc1. The van der Waals surface area contributed by atoms with E-state index >= 15 is 0 Å². The van der Waals surface area contributed by atoms with Gasteiger partial charge >= 0.3 is 0 Å². The third-order valence-electron chi connectivity index (χ3n) is 4.38. The van der Waals surface area contributed by atoms with E-state index in [0.29, 0.717) is 0 Å². The topological polar surface area (TPSA) is 49.2 Å². The maximum absolute atomic E-state index is 5.34. The quantitative estimate of drug-likeness (QED) is 0.746. The molecule has 0 spiro atoms. The number of aromatic nitrogens is 3. The zero-order chi connectivity index (χ0) is 15.8. The van der Waals surface area contributed by atoms with Gasteiger partial charge in [0, 0.05) is 12.0 Å². The van der Waals surface area contributed by atoms with Crippen LogP contribution in [0.25, 0.3) is 5.69 Å². The number of rotatable bonds is 3. The molecule has 1 atom stereocenters. The van der Waals surface area contributed by atoms with E-state index in [1.807, 2.05) is 24.3 Å². The summed E-state index contributed by atoms with van der Waals surface area (Å²) in [5.74, 6) is 2.84. The molecule has 1 aromatic heterocycles. The minimum atomic E-state index is 0.185. The van der Waals surface area contributed by atoms with Gasteiger partial charge in [-0.25, -0.2) is 0 Å². The molecule has 116 valence electrons. The molecule has 2 aromatic carbocycles. The molecule has 3 aromatic rings. The van der Waals surface area contributed by atoms with Crippen molar-refractivity contribution in [3.63, 3.8) is 0 Å². The highest BCUT2D eigenvalue weighted by molar-refractivity contribution is 5.52. The lowest BCUT2D eigenvalue weighted by Gasteiger charge is -2.26. The van der Waals surface area contributed by atoms with Crippen molar-refractivity contribution in [1.29, 1.82) is 0 Å². The lowest BCUT2D eigenvalue weighted by Crippen LogP contribution is -2.18. The molecule has 0 radical (unpaired) electrons. The van der Waals surface area contributed by atoms with Crippen LogP contribution in [0, 0.1) is 0 Å². The van der Waals surface area contributed by atoms with Crippen molar-refractivity contribution >= 4 is 0 Å². The second-order valence-corrected chi connectivity index (χ2v) is 5.58. The van der Waals surface area contributed by atoms with Crippen molar-refractivity contribution in [2.24, 2.45) is 0 Å². The van der Waals surface area contributed by atoms with Crippen molar-refractivity contribution in [2.45, 2.75) is 12.3 Å². The fourth-order valence-corrected chi connectivity index (χ4v) is 3.15. The van der Waals surface area contributed by atoms with E-state index in [1.165, 1.54) is 11.1 Å². The largest absolute Gasteiger partial charge is 0.497 e. The Balaban J connectivity index is 1.79. The molecule has 23 heavy (non-hydrogen) atoms. The molecule has 0 saturated heterocycles. The molecule has 0 aliphatic carbocycles. The van der Waals surface area contributed by atoms with Gasteiger partial charge in [0.15, 0.2) is 0 Å². The lowest BCUT2D eigenvalue weighted by molar-refractivity contribution is 0.414. The third-order valence-corrected chi connectivity index (χ3v) is 4.38. The number of nitrogens with zero attached hydrogens (tertiary/aromatic N) is 3. The summed E-state index contributed by atoms with van der Waals surface area (Å²) in [7, 11) is 3.35. The Hall–Kier alpha value is -2.82. The highest BCUT2D eigenvalue weighted by Crippen LogP contribution is 2.37. The van der Waals surface area contributed by atoms with Gasteiger partial charge in [-0.05, 0) is 35.7 Å². The summed E-state index contributed by atoms with van der Waals surface area (Å²) in [5, 5.41) is 8.47. The van der Waals surface area contributed by atoms with Gasteiger partial charge in [0.1, 0.15) is 23.7 Å². The Morgan fingerprint density at radius 1 is 1.00 bits per heavy atom. The van der Waals surface area contributed by atoms with Gasteiger partial charge in [0.05, 0.1) is 19.9 Å². The normalized spacial score (nSPS) is 15.7. The third kappa shape index (κ3) is 2.25. The molecule has 0 saturated carbocycles. The summed E-state index contributed by atoms with van der Waals surface area (Å²) in [6.45, 7) is 0. The smallest absolute Gasteiger partial charge is 0.145 e. The van der Waals surface area contributed by atoms with Gasteiger partial charge in [0.2, 0.25) is 0 Å². The molecule has 1 unspecified atom stereocenters. The van der Waals surface area contributed by atoms with E-state index in [-0.39, 0.29) is 5.92 Å². The molecule has 0 bridgehead atoms. The van der Waals surface area contributed by atoms with Crippen LogP contribution in [0.3, 0.4) is 0 Å². The predicted octanol–water partition coefficient (Wildman–Crippen LogP) is 2.97. The molecule has 5 nitrogen and oxygen atoms in total. The van der Waals surface area contributed by atoms with Crippen LogP contribution in [0.5, 0.6) is 11.5 Å². The summed E-state index contributed by atoms with van der Waals surface area (Å²) < 4.78 is 12.6. The Bertz CT molecular complexity index is 840. The summed E-state index contributed by atoms with van der Waals surface area (Å²) >= 11 is 0. The van der Waals surface area contributed by atoms with E-state index in [2.05, 4.69) is 33.0 Å². The second kappa shape index (κ2) is 5.43. The standard InChI is InChI=1S/C18H17N3O2/c1-22-14-6-3-12(4-7-14)16-9-13-5-8-15(23-2)10-17(13)21-11-19-20-18(16)21/h3-8,10-11,16H,9H2,1-2H3. The first-order chi connectivity index (χ1) is 11.3. The number of hydrogen-bond acceptors (Lipinski definition) is 4. The van der Waals surface area contributed by atoms with E-state index in [9.17, 15) is 0 Å². The minimum Gasteiger partial charge on any atom is -0.497 e. The zero-order valence-electron chi connectivity index (χ0n) is 13.1. The van der Waals surface area contributed by atoms with Gasteiger partial charge in [0.25, 0.3) is 0 Å². The molecular weight excluding hydrogens is 290 g/mol. The van der Waals surface area contributed by atoms with Crippen LogP contribution in [-0.4, -0.2) is 29.0 Å². The highest BCUT2D eigenvalue weighted by atomic mass is 16.5. The van der Waals surface area contributed by atoms with Crippen molar-refractivity contribution in [1.82, 2.24) is 14.8 Å². The summed E-state index contributed by atoms with van der Waals surface area (Å²) in [6, 6.07) is 14.3. The first-order valence-corrected chi connectivity index (χ1v) is 7.51. The fourth-order valence-electron chi connectivity index (χ4n) is 3.15. The molecule has 0 N–H and O–H groups in total. The molecular formula is C18H17N3O2. The summed E-state index contributed by atoms with van der Waals surface area (Å²) in [6.07, 6.45) is 2.66. The van der Waals surface area contributed by atoms with Gasteiger partial charge in [-0.3, -0.25) is 4.57 Å². The van der Waals surface area contributed by atoms with Crippen LogP contribution < -0.4 is 9.47 Å². The van der Waals surface area contributed by atoms with Crippen molar-refractivity contribution in [3.8, 4) is 17.2 Å². The molecule has 1 aliphatic heterocycles. The maximum Gasteiger partial charge on any atom is 0.145 e. The Labute approximate surface area is 134 Å². The number of benzene rings is 2. The lowest BCUT2D eigenvalue weighted by atomic mass is 9.87. The second-order valence-electron chi connectivity index (χ2n) is 5.58. The molecule has 4 rings (SSSR count). The first-order valence-electron chi connectivity index (χ1n) is 7.51. The van der Waals surface area contributed by atoms with Crippen molar-refractivity contribution < 1.29 is 9.47 Å². The average molecular weight is 307 g/mol. The Morgan fingerprint density at radius 2 is 1.74 bits per heavy atom. The van der Waals surface area contributed by atoms with E-state index in [0.717, 1.165) is 29.4 Å². The molecule has 0 amide bonds. The van der Waals surface area contributed by atoms with Crippen LogP contribution in [0.15, 0.2) is 48.8 Å². The number of hydrogen-bond donors (Lipinski definition) is 0. The van der Waals surface area contributed by atoms with Crippen LogP contribution in [0.4, 0.5) is 0 Å². The van der Waals surface area contributed by atoms with Crippen molar-refractivity contribution in [2.75, 3.05) is 14.2 Å². The van der Waals surface area contributed by atoms with Gasteiger partial charge in [-0.15, -0.1) is 10.2 Å². The van der Waals surface area contributed by atoms with Crippen LogP contribution in [0.2, 0.25) is 0 Å². The van der Waals surface area contributed by atoms with Crippen molar-refractivity contribution in [3.05, 3.63) is 65.7 Å². The number of ether oxygens (including phenoxy) is 2. The fraction of sp³-hybridized carbons (Fsp3) is 0.222. The van der Waals surface area contributed by atoms with Crippen LogP contribution in [0.1, 0.15) is 22.9 Å². The molecule has 1 aliphatic rings. The predicted molar refractivity (Wildman–Crippen MR) is 86.5 cm³/mol. The molecule has 2 heterocycles. The van der Waals surface area contributed by atoms with Crippen LogP contribution in [-0.2, 0) is 6.42 Å². The molecule has 0 fully saturated rings. The molecule has 5 heteroatoms. The first kappa shape index (κ1) is 13.8. The maximum atomic E-state index is 5.34. The number of methoxy groups -OCH3 is 2. The monoisotopic (exact) mass is 307 g/mol. The number of fused-ring (bicyclic) bond motifs is 3. The van der Waals surface area contributed by atoms with Crippen LogP contribution >= 0.6 is 0 Å². The summed E-state index contributed by atoms with van der Waals surface area (Å²) in [4.78, 5) is 0. The van der Waals surface area contributed by atoms with E-state index in [1.54, 1.807) is 20.5 Å². The van der Waals surface area contributed by atoms with E-state index < -0.39 is 0 Å². The van der Waals surface area contributed by atoms with Gasteiger partial charge in [-0.2, -0.15) is 0 Å². The van der Waals surface area contributed by atoms with E-state index in [4.69, 9.17) is 9.47 Å².